The standard InChI is InChI=1S/C37H59AtP2/c1-5-7-14-34(40(4)38)36(31-16-15-24-11-8-12-25(24)26(31)10-6-2)35-30-18-17-29-28(27(30)19-20-33(35)39)21-23-37(3)22-9-13-32(29)37/h5,24-32H,1,6-23,39H2,2-4H3/b36-34-. The van der Waals surface area contributed by atoms with Crippen LogP contribution in [-0.2, 0) is 0 Å². The van der Waals surface area contributed by atoms with Gasteiger partial charge < -0.3 is 0 Å². The molecule has 0 nitrogen and oxygen atoms in total. The molecule has 0 amide bonds. The van der Waals surface area contributed by atoms with Crippen LogP contribution in [0.1, 0.15) is 129 Å². The Morgan fingerprint density at radius 2 is 1.82 bits per heavy atom. The van der Waals surface area contributed by atoms with Crippen molar-refractivity contribution >= 4 is 14.5 Å². The molecular weight excluding hydrogens is 716 g/mol. The van der Waals surface area contributed by atoms with Crippen LogP contribution in [0.15, 0.2) is 34.4 Å². The maximum absolute atomic E-state index is 4.19. The average molecular weight is 776 g/mol. The molecule has 3 heteroatoms. The molecule has 0 aromatic heterocycles. The zero-order valence-corrected chi connectivity index (χ0v) is 31.1. The summed E-state index contributed by atoms with van der Waals surface area (Å²) >= 11 is 2.09. The third kappa shape index (κ3) is 5.62. The van der Waals surface area contributed by atoms with Crippen molar-refractivity contribution in [1.29, 1.82) is 0 Å². The van der Waals surface area contributed by atoms with E-state index in [0.717, 1.165) is 53.3 Å². The molecule has 12 unspecified atom stereocenters. The van der Waals surface area contributed by atoms with E-state index in [0.29, 0.717) is 5.41 Å². The van der Waals surface area contributed by atoms with Gasteiger partial charge >= 0.3 is 268 Å². The van der Waals surface area contributed by atoms with Gasteiger partial charge in [0, 0.05) is 0 Å². The van der Waals surface area contributed by atoms with Crippen molar-refractivity contribution in [3.63, 3.8) is 0 Å². The second-order valence-electron chi connectivity index (χ2n) is 15.5. The second-order valence-corrected chi connectivity index (χ2v) is 23.6. The van der Waals surface area contributed by atoms with E-state index in [1.54, 1.807) is 18.2 Å². The molecule has 6 aliphatic carbocycles. The van der Waals surface area contributed by atoms with Crippen LogP contribution in [-0.4, -0.2) is 6.66 Å². The van der Waals surface area contributed by atoms with Gasteiger partial charge in [0.05, 0.1) is 0 Å². The molecule has 0 bridgehead atoms. The van der Waals surface area contributed by atoms with E-state index < -0.39 is 0 Å². The molecule has 224 valence electrons. The molecule has 0 aliphatic heterocycles. The zero-order chi connectivity index (χ0) is 28.0. The molecular formula is C37H59AtP2. The summed E-state index contributed by atoms with van der Waals surface area (Å²) in [6, 6.07) is 0. The quantitative estimate of drug-likeness (QED) is 0.170. The van der Waals surface area contributed by atoms with Crippen molar-refractivity contribution in [3.05, 3.63) is 34.4 Å². The van der Waals surface area contributed by atoms with Crippen LogP contribution in [0.2, 0.25) is 0 Å². The Labute approximate surface area is 266 Å². The average Bonchev–Trinajstić information content (AvgIpc) is 3.58. The number of fused-ring (bicyclic) bond motifs is 6. The number of allylic oxidation sites excluding steroid dienone is 5. The Bertz CT molecular complexity index is 994. The molecule has 0 aromatic carbocycles. The van der Waals surface area contributed by atoms with E-state index in [-0.39, 0.29) is 5.21 Å². The summed E-state index contributed by atoms with van der Waals surface area (Å²) in [6.45, 7) is 12.0. The van der Waals surface area contributed by atoms with Crippen LogP contribution in [0, 0.1) is 82.8 Å². The number of hydrogen-bond acceptors (Lipinski definition) is 0. The Hall–Kier alpha value is 0.963. The summed E-state index contributed by atoms with van der Waals surface area (Å²) in [4.78, 5) is 0. The fourth-order valence-electron chi connectivity index (χ4n) is 12.2. The molecule has 0 heterocycles. The molecule has 0 saturated heterocycles. The van der Waals surface area contributed by atoms with Gasteiger partial charge in [0.1, 0.15) is 0 Å². The molecule has 5 saturated carbocycles. The fourth-order valence-corrected chi connectivity index (χ4v) is 15.9. The van der Waals surface area contributed by atoms with Gasteiger partial charge in [-0.3, -0.25) is 0 Å². The first-order valence-corrected chi connectivity index (χ1v) is 23.8. The van der Waals surface area contributed by atoms with Gasteiger partial charge in [0.2, 0.25) is 0 Å². The van der Waals surface area contributed by atoms with Crippen LogP contribution >= 0.6 is 14.5 Å². The van der Waals surface area contributed by atoms with Crippen LogP contribution in [0.3, 0.4) is 0 Å². The molecule has 0 N–H and O–H groups in total. The topological polar surface area (TPSA) is 0 Å². The normalized spacial score (nSPS) is 44.3. The monoisotopic (exact) mass is 775 g/mol. The summed E-state index contributed by atoms with van der Waals surface area (Å²) in [5.41, 5.74) is 4.62. The van der Waals surface area contributed by atoms with Gasteiger partial charge in [0.25, 0.3) is 0 Å². The Morgan fingerprint density at radius 3 is 2.60 bits per heavy atom. The maximum atomic E-state index is 4.19. The Balaban J connectivity index is 1.40. The van der Waals surface area contributed by atoms with E-state index in [4.69, 9.17) is 0 Å². The second kappa shape index (κ2) is 13.1. The third-order valence-corrected chi connectivity index (χ3v) is 18.0. The number of hydrogen-bond donors (Lipinski definition) is 0. The first-order valence-electron chi connectivity index (χ1n) is 17.6. The fraction of sp³-hybridized carbons (Fsp3) is 0.838. The van der Waals surface area contributed by atoms with Crippen LogP contribution < -0.4 is 0 Å². The van der Waals surface area contributed by atoms with E-state index >= 15 is 0 Å². The minimum absolute atomic E-state index is 0.0362. The first kappa shape index (κ1) is 31.0. The molecule has 40 heavy (non-hydrogen) atoms. The van der Waals surface area contributed by atoms with Crippen LogP contribution in [0.4, 0.5) is 0 Å². The Morgan fingerprint density at radius 1 is 0.975 bits per heavy atom. The summed E-state index contributed by atoms with van der Waals surface area (Å²) in [5.74, 6) is 8.77. The summed E-state index contributed by atoms with van der Waals surface area (Å²) < 4.78 is 0. The van der Waals surface area contributed by atoms with Crippen molar-refractivity contribution in [2.45, 2.75) is 129 Å². The van der Waals surface area contributed by atoms with Gasteiger partial charge in [-0.1, -0.05) is 0 Å². The van der Waals surface area contributed by atoms with Gasteiger partial charge in [-0.05, 0) is 0 Å². The summed E-state index contributed by atoms with van der Waals surface area (Å²) in [5, 5.41) is 3.64. The third-order valence-electron chi connectivity index (χ3n) is 13.8. The van der Waals surface area contributed by atoms with E-state index in [1.807, 2.05) is 16.5 Å². The van der Waals surface area contributed by atoms with Gasteiger partial charge in [0.15, 0.2) is 0 Å². The number of rotatable bonds is 8. The van der Waals surface area contributed by atoms with Crippen molar-refractivity contribution in [2.24, 2.45) is 58.7 Å². The van der Waals surface area contributed by atoms with Gasteiger partial charge in [-0.15, -0.1) is 0 Å². The molecule has 0 radical (unpaired) electrons. The van der Waals surface area contributed by atoms with Crippen molar-refractivity contribution in [3.8, 4) is 0 Å². The van der Waals surface area contributed by atoms with Crippen molar-refractivity contribution < 1.29 is 24.1 Å². The molecule has 0 aromatic rings. The molecule has 5 fully saturated rings. The summed E-state index contributed by atoms with van der Waals surface area (Å²) in [7, 11) is 3.39. The molecule has 0 spiro atoms. The predicted octanol–water partition coefficient (Wildman–Crippen LogP) is 11.8. The van der Waals surface area contributed by atoms with Gasteiger partial charge in [-0.2, -0.15) is 0 Å². The van der Waals surface area contributed by atoms with E-state index in [9.17, 15) is 0 Å². The minimum atomic E-state index is -0.0362. The molecule has 6 rings (SSSR count). The van der Waals surface area contributed by atoms with Crippen molar-refractivity contribution in [1.82, 2.24) is 0 Å². The zero-order valence-electron chi connectivity index (χ0n) is 26.1. The summed E-state index contributed by atoms with van der Waals surface area (Å²) in [6.07, 6.45) is 28.6. The first-order chi connectivity index (χ1) is 19.4. The van der Waals surface area contributed by atoms with E-state index in [2.05, 4.69) is 66.5 Å². The Kier molecular flexibility index (Phi) is 10.2. The van der Waals surface area contributed by atoms with Crippen LogP contribution in [0.5, 0.6) is 0 Å². The SMILES string of the molecule is C=CCC/C(=C(/C1=C(P)CCC2C1CCC1C2CCC2(C)CCCC12)C1CCC2CCCC2C1CCC)P(C)[At]. The van der Waals surface area contributed by atoms with Gasteiger partial charge in [-0.25, -0.2) is 0 Å². The molecule has 12 atom stereocenters. The van der Waals surface area contributed by atoms with Crippen molar-refractivity contribution in [2.75, 3.05) is 6.66 Å². The van der Waals surface area contributed by atoms with E-state index in [1.165, 1.54) is 103 Å². The predicted molar refractivity (Wildman–Crippen MR) is 175 cm³/mol. The van der Waals surface area contributed by atoms with Crippen LogP contribution in [0.25, 0.3) is 0 Å². The molecule has 6 aliphatic rings.